The Kier molecular flexibility index (Phi) is 5.88. The highest BCUT2D eigenvalue weighted by atomic mass is 32.1. The number of benzene rings is 1. The summed E-state index contributed by atoms with van der Waals surface area (Å²) in [7, 11) is 0. The molecule has 9 heteroatoms. The molecule has 35 heavy (non-hydrogen) atoms. The summed E-state index contributed by atoms with van der Waals surface area (Å²) in [6, 6.07) is 14.4. The number of halogens is 1. The van der Waals surface area contributed by atoms with Crippen LogP contribution in [0.15, 0.2) is 73.3 Å². The van der Waals surface area contributed by atoms with Gasteiger partial charge >= 0.3 is 0 Å². The van der Waals surface area contributed by atoms with E-state index in [1.807, 2.05) is 40.9 Å². The van der Waals surface area contributed by atoms with Gasteiger partial charge in [-0.15, -0.1) is 0 Å². The minimum absolute atomic E-state index is 0.135. The third-order valence-corrected chi connectivity index (χ3v) is 6.75. The maximum absolute atomic E-state index is 14.9. The first-order valence-electron chi connectivity index (χ1n) is 10.9. The zero-order chi connectivity index (χ0) is 24.6. The lowest BCUT2D eigenvalue weighted by atomic mass is 10.1. The van der Waals surface area contributed by atoms with Crippen LogP contribution in [0.4, 0.5) is 9.52 Å². The predicted octanol–water partition coefficient (Wildman–Crippen LogP) is 5.07. The van der Waals surface area contributed by atoms with Gasteiger partial charge in [-0.05, 0) is 49.7 Å². The van der Waals surface area contributed by atoms with Crippen LogP contribution in [-0.4, -0.2) is 30.4 Å². The number of carbonyl (C=O) groups is 1. The summed E-state index contributed by atoms with van der Waals surface area (Å²) < 4.78 is 16.8. The summed E-state index contributed by atoms with van der Waals surface area (Å²) in [6.07, 6.45) is 6.71. The Balaban J connectivity index is 1.33. The van der Waals surface area contributed by atoms with Crippen LogP contribution in [0.5, 0.6) is 0 Å². The number of rotatable bonds is 6. The molecule has 0 unspecified atom stereocenters. The van der Waals surface area contributed by atoms with Gasteiger partial charge in [0.2, 0.25) is 5.91 Å². The molecule has 2 N–H and O–H groups in total. The number of nitrogens with one attached hydrogen (secondary N) is 1. The number of hydrogen-bond donors (Lipinski definition) is 2. The lowest BCUT2D eigenvalue weighted by Gasteiger charge is -2.13. The van der Waals surface area contributed by atoms with Crippen molar-refractivity contribution in [3.63, 3.8) is 0 Å². The summed E-state index contributed by atoms with van der Waals surface area (Å²) >= 11 is 1.18. The first kappa shape index (κ1) is 22.8. The van der Waals surface area contributed by atoms with Gasteiger partial charge in [0.25, 0.3) is 0 Å². The first-order valence-corrected chi connectivity index (χ1v) is 11.8. The molecule has 0 aliphatic heterocycles. The maximum atomic E-state index is 14.9. The fourth-order valence-electron chi connectivity index (χ4n) is 3.69. The van der Waals surface area contributed by atoms with E-state index in [-0.39, 0.29) is 17.9 Å². The van der Waals surface area contributed by atoms with Gasteiger partial charge in [-0.3, -0.25) is 14.2 Å². The molecule has 0 saturated carbocycles. The van der Waals surface area contributed by atoms with Crippen molar-refractivity contribution in [1.82, 2.24) is 19.4 Å². The molecule has 1 aromatic carbocycles. The van der Waals surface area contributed by atoms with Crippen LogP contribution < -0.4 is 5.32 Å². The van der Waals surface area contributed by atoms with Gasteiger partial charge in [0, 0.05) is 29.7 Å². The van der Waals surface area contributed by atoms with E-state index in [0.29, 0.717) is 15.6 Å². The number of aliphatic hydroxyl groups is 1. The number of hydrogen-bond acceptors (Lipinski definition) is 6. The van der Waals surface area contributed by atoms with E-state index in [2.05, 4.69) is 20.3 Å². The number of amides is 1. The summed E-state index contributed by atoms with van der Waals surface area (Å²) in [5.41, 5.74) is 3.14. The molecule has 5 rings (SSSR count). The molecule has 0 aliphatic rings. The molecule has 0 atom stereocenters. The number of thiazole rings is 1. The van der Waals surface area contributed by atoms with Crippen LogP contribution >= 0.6 is 11.3 Å². The highest BCUT2D eigenvalue weighted by Gasteiger charge is 2.20. The average molecular weight is 488 g/mol. The smallest absolute Gasteiger partial charge is 0.230 e. The third-order valence-electron chi connectivity index (χ3n) is 5.53. The SMILES string of the molecule is CC(C)(O)c1cnc(NC(=O)Cc2ccc(-c3cnc4cc(-c5ccccn5)ccn34)cc2F)s1. The largest absolute Gasteiger partial charge is 0.385 e. The molecule has 7 nitrogen and oxygen atoms in total. The summed E-state index contributed by atoms with van der Waals surface area (Å²) in [5, 5.41) is 13.1. The van der Waals surface area contributed by atoms with Crippen LogP contribution in [0.1, 0.15) is 24.3 Å². The molecule has 0 radical (unpaired) electrons. The van der Waals surface area contributed by atoms with Crippen LogP contribution in [0.25, 0.3) is 28.2 Å². The quantitative estimate of drug-likeness (QED) is 0.349. The lowest BCUT2D eigenvalue weighted by molar-refractivity contribution is -0.115. The third kappa shape index (κ3) is 4.82. The van der Waals surface area contributed by atoms with Gasteiger partial charge in [-0.25, -0.2) is 14.4 Å². The Bertz CT molecular complexity index is 1520. The van der Waals surface area contributed by atoms with Gasteiger partial charge in [0.05, 0.1) is 34.5 Å². The maximum Gasteiger partial charge on any atom is 0.230 e. The molecule has 0 bridgehead atoms. The number of nitrogens with zero attached hydrogens (tertiary/aromatic N) is 4. The van der Waals surface area contributed by atoms with Crippen LogP contribution in [-0.2, 0) is 16.8 Å². The first-order chi connectivity index (χ1) is 16.8. The molecular weight excluding hydrogens is 465 g/mol. The number of anilines is 1. The topological polar surface area (TPSA) is 92.4 Å². The van der Waals surface area contributed by atoms with E-state index in [0.717, 1.165) is 22.6 Å². The molecule has 5 aromatic rings. The second-order valence-corrected chi connectivity index (χ2v) is 9.65. The minimum atomic E-state index is -1.04. The van der Waals surface area contributed by atoms with Crippen molar-refractivity contribution in [2.75, 3.05) is 5.32 Å². The van der Waals surface area contributed by atoms with E-state index >= 15 is 0 Å². The summed E-state index contributed by atoms with van der Waals surface area (Å²) in [4.78, 5) is 26.0. The Labute approximate surface area is 205 Å². The van der Waals surface area contributed by atoms with Gasteiger partial charge in [-0.1, -0.05) is 29.5 Å². The predicted molar refractivity (Wildman–Crippen MR) is 134 cm³/mol. The Morgan fingerprint density at radius 3 is 2.66 bits per heavy atom. The Morgan fingerprint density at radius 1 is 1.09 bits per heavy atom. The Hall–Kier alpha value is -3.95. The lowest BCUT2D eigenvalue weighted by Crippen LogP contribution is -2.15. The fraction of sp³-hybridized carbons (Fsp3) is 0.154. The zero-order valence-corrected chi connectivity index (χ0v) is 19.9. The number of carbonyl (C=O) groups excluding carboxylic acids is 1. The molecule has 0 spiro atoms. The van der Waals surface area contributed by atoms with Crippen molar-refractivity contribution in [2.24, 2.45) is 0 Å². The molecule has 176 valence electrons. The molecular formula is C26H22FN5O2S. The summed E-state index contributed by atoms with van der Waals surface area (Å²) in [5.74, 6) is -0.862. The molecule has 4 heterocycles. The van der Waals surface area contributed by atoms with Gasteiger partial charge in [0.15, 0.2) is 5.13 Å². The van der Waals surface area contributed by atoms with Crippen molar-refractivity contribution < 1.29 is 14.3 Å². The second-order valence-electron chi connectivity index (χ2n) is 8.62. The van der Waals surface area contributed by atoms with Crippen molar-refractivity contribution in [2.45, 2.75) is 25.9 Å². The number of imidazole rings is 1. The van der Waals surface area contributed by atoms with Crippen molar-refractivity contribution in [3.05, 3.63) is 89.6 Å². The van der Waals surface area contributed by atoms with Crippen LogP contribution in [0.3, 0.4) is 0 Å². The highest BCUT2D eigenvalue weighted by Crippen LogP contribution is 2.29. The van der Waals surface area contributed by atoms with E-state index in [9.17, 15) is 14.3 Å². The fourth-order valence-corrected chi connectivity index (χ4v) is 4.52. The molecule has 0 saturated heterocycles. The molecule has 0 fully saturated rings. The highest BCUT2D eigenvalue weighted by molar-refractivity contribution is 7.15. The van der Waals surface area contributed by atoms with E-state index in [4.69, 9.17) is 0 Å². The van der Waals surface area contributed by atoms with Gasteiger partial charge in [0.1, 0.15) is 11.5 Å². The second kappa shape index (κ2) is 9.01. The molecule has 4 aromatic heterocycles. The zero-order valence-electron chi connectivity index (χ0n) is 19.1. The number of fused-ring (bicyclic) bond motifs is 1. The molecule has 1 amide bonds. The van der Waals surface area contributed by atoms with Gasteiger partial charge < -0.3 is 10.4 Å². The van der Waals surface area contributed by atoms with E-state index in [1.165, 1.54) is 23.6 Å². The average Bonchev–Trinajstić information content (AvgIpc) is 3.48. The normalized spacial score (nSPS) is 11.7. The Morgan fingerprint density at radius 2 is 1.94 bits per heavy atom. The number of aromatic nitrogens is 4. The van der Waals surface area contributed by atoms with Crippen LogP contribution in [0, 0.1) is 5.82 Å². The monoisotopic (exact) mass is 487 g/mol. The van der Waals surface area contributed by atoms with Crippen molar-refractivity contribution in [1.29, 1.82) is 0 Å². The number of pyridine rings is 2. The van der Waals surface area contributed by atoms with Gasteiger partial charge in [-0.2, -0.15) is 0 Å². The van der Waals surface area contributed by atoms with E-state index in [1.54, 1.807) is 38.4 Å². The minimum Gasteiger partial charge on any atom is -0.385 e. The van der Waals surface area contributed by atoms with Crippen LogP contribution in [0.2, 0.25) is 0 Å². The van der Waals surface area contributed by atoms with Crippen molar-refractivity contribution in [3.8, 4) is 22.5 Å². The van der Waals surface area contributed by atoms with E-state index < -0.39 is 11.4 Å². The standard InChI is InChI=1S/C26H22FN5O2S/c1-26(2,34)22-15-30-25(35-22)31-24(33)13-16-6-7-18(11-19(16)27)21-14-29-23-12-17(8-10-32(21)23)20-5-3-4-9-28-20/h3-12,14-15,34H,13H2,1-2H3,(H,30,31,33). The van der Waals surface area contributed by atoms with Crippen molar-refractivity contribution >= 4 is 28.0 Å². The summed E-state index contributed by atoms with van der Waals surface area (Å²) in [6.45, 7) is 3.29. The molecule has 0 aliphatic carbocycles.